The van der Waals surface area contributed by atoms with E-state index in [1.807, 2.05) is 0 Å². The van der Waals surface area contributed by atoms with Gasteiger partial charge >= 0.3 is 0 Å². The van der Waals surface area contributed by atoms with Crippen LogP contribution < -0.4 is 10.6 Å². The van der Waals surface area contributed by atoms with Crippen molar-refractivity contribution < 1.29 is 18.0 Å². The number of hydrogen-bond donors (Lipinski definition) is 2. The van der Waals surface area contributed by atoms with Crippen molar-refractivity contribution in [1.82, 2.24) is 0 Å². The summed E-state index contributed by atoms with van der Waals surface area (Å²) in [4.78, 5) is 12.1. The summed E-state index contributed by atoms with van der Waals surface area (Å²) in [7, 11) is 0. The minimum atomic E-state index is -2.59. The lowest BCUT2D eigenvalue weighted by molar-refractivity contribution is -0.114. The number of alkyl halides is 2. The highest BCUT2D eigenvalue weighted by Crippen LogP contribution is 2.31. The molecule has 2 aromatic rings. The molecule has 2 rings (SSSR count). The summed E-state index contributed by atoms with van der Waals surface area (Å²) in [6.07, 6.45) is 0. The highest BCUT2D eigenvalue weighted by atomic mass is 35.5. The van der Waals surface area contributed by atoms with Crippen molar-refractivity contribution in [3.05, 3.63) is 53.3 Å². The van der Waals surface area contributed by atoms with E-state index < -0.39 is 17.5 Å². The molecule has 0 heterocycles. The van der Waals surface area contributed by atoms with Crippen LogP contribution in [0.25, 0.3) is 0 Å². The molecule has 0 aliphatic heterocycles. The summed E-state index contributed by atoms with van der Waals surface area (Å²) in [6, 6.07) is 10.2. The Labute approximate surface area is 140 Å². The Morgan fingerprint density at radius 2 is 1.91 bits per heavy atom. The highest BCUT2D eigenvalue weighted by molar-refractivity contribution is 7.99. The molecule has 0 saturated carbocycles. The van der Waals surface area contributed by atoms with E-state index in [1.54, 1.807) is 12.1 Å². The molecule has 0 bridgehead atoms. The topological polar surface area (TPSA) is 41.1 Å². The zero-order valence-corrected chi connectivity index (χ0v) is 13.2. The van der Waals surface area contributed by atoms with E-state index >= 15 is 0 Å². The van der Waals surface area contributed by atoms with Crippen LogP contribution in [0.1, 0.15) is 0 Å². The third-order valence-electron chi connectivity index (χ3n) is 2.75. The fourth-order valence-corrected chi connectivity index (χ4v) is 2.53. The second-order valence-electron chi connectivity index (χ2n) is 4.40. The van der Waals surface area contributed by atoms with Crippen LogP contribution in [0.15, 0.2) is 47.4 Å². The van der Waals surface area contributed by atoms with Gasteiger partial charge < -0.3 is 10.6 Å². The first kappa shape index (κ1) is 17.5. The number of carbonyl (C=O) groups is 1. The largest absolute Gasteiger partial charge is 0.374 e. The molecule has 0 spiro atoms. The van der Waals surface area contributed by atoms with E-state index in [1.165, 1.54) is 24.3 Å². The van der Waals surface area contributed by atoms with E-state index in [4.69, 9.17) is 11.6 Å². The lowest BCUT2D eigenvalue weighted by atomic mass is 10.3. The van der Waals surface area contributed by atoms with Gasteiger partial charge in [-0.15, -0.1) is 0 Å². The first-order valence-corrected chi connectivity index (χ1v) is 7.74. The number of benzene rings is 2. The lowest BCUT2D eigenvalue weighted by Crippen LogP contribution is -2.22. The number of hydrogen-bond acceptors (Lipinski definition) is 3. The zero-order valence-electron chi connectivity index (χ0n) is 11.7. The van der Waals surface area contributed by atoms with Gasteiger partial charge in [0.25, 0.3) is 5.76 Å². The second-order valence-corrected chi connectivity index (χ2v) is 5.87. The predicted octanol–water partition coefficient (Wildman–Crippen LogP) is 4.84. The smallest absolute Gasteiger partial charge is 0.288 e. The molecule has 122 valence electrons. The van der Waals surface area contributed by atoms with Crippen LogP contribution in [0.3, 0.4) is 0 Å². The Balaban J connectivity index is 1.97. The Hall–Kier alpha value is -1.86. The number of halogens is 4. The summed E-state index contributed by atoms with van der Waals surface area (Å²) in [5.41, 5.74) is 0.404. The summed E-state index contributed by atoms with van der Waals surface area (Å²) < 4.78 is 38.5. The van der Waals surface area contributed by atoms with Gasteiger partial charge in [-0.25, -0.2) is 4.39 Å². The molecule has 0 atom stereocenters. The fraction of sp³-hybridized carbons (Fsp3) is 0.133. The molecule has 0 aromatic heterocycles. The molecule has 23 heavy (non-hydrogen) atoms. The highest BCUT2D eigenvalue weighted by Gasteiger charge is 2.12. The predicted molar refractivity (Wildman–Crippen MR) is 86.8 cm³/mol. The summed E-state index contributed by atoms with van der Waals surface area (Å²) >= 11 is 5.98. The minimum absolute atomic E-state index is 0.125. The Kier molecular flexibility index (Phi) is 6.18. The van der Waals surface area contributed by atoms with Gasteiger partial charge in [-0.1, -0.05) is 35.5 Å². The molecular weight excluding hydrogens is 349 g/mol. The Morgan fingerprint density at radius 1 is 1.17 bits per heavy atom. The van der Waals surface area contributed by atoms with Crippen molar-refractivity contribution in [2.45, 2.75) is 10.7 Å². The summed E-state index contributed by atoms with van der Waals surface area (Å²) in [6.45, 7) is -0.216. The molecule has 2 N–H and O–H groups in total. The molecule has 0 aliphatic carbocycles. The molecule has 0 unspecified atom stereocenters. The van der Waals surface area contributed by atoms with Crippen LogP contribution >= 0.6 is 23.4 Å². The van der Waals surface area contributed by atoms with Crippen molar-refractivity contribution in [2.24, 2.45) is 0 Å². The Morgan fingerprint density at radius 3 is 2.61 bits per heavy atom. The standard InChI is InChI=1S/C15H12ClF3N2OS/c16-9-5-6-11(10(17)7-9)20-8-14(22)21-12-3-1-2-4-13(12)23-15(18)19/h1-7,15,20H,8H2,(H,21,22). The van der Waals surface area contributed by atoms with Crippen molar-refractivity contribution >= 4 is 40.6 Å². The van der Waals surface area contributed by atoms with E-state index in [2.05, 4.69) is 10.6 Å². The SMILES string of the molecule is O=C(CNc1ccc(Cl)cc1F)Nc1ccccc1SC(F)F. The first-order valence-electron chi connectivity index (χ1n) is 6.48. The average molecular weight is 361 g/mol. The van der Waals surface area contributed by atoms with Crippen LogP contribution in [0.4, 0.5) is 24.5 Å². The third kappa shape index (κ3) is 5.37. The summed E-state index contributed by atoms with van der Waals surface area (Å²) in [5, 5.41) is 5.38. The maximum Gasteiger partial charge on any atom is 0.288 e. The van der Waals surface area contributed by atoms with Gasteiger partial charge in [0.1, 0.15) is 5.82 Å². The van der Waals surface area contributed by atoms with E-state index in [9.17, 15) is 18.0 Å². The molecule has 8 heteroatoms. The lowest BCUT2D eigenvalue weighted by Gasteiger charge is -2.11. The fourth-order valence-electron chi connectivity index (χ4n) is 1.77. The van der Waals surface area contributed by atoms with Gasteiger partial charge in [0, 0.05) is 9.92 Å². The third-order valence-corrected chi connectivity index (χ3v) is 3.77. The maximum atomic E-state index is 13.6. The monoisotopic (exact) mass is 360 g/mol. The van der Waals surface area contributed by atoms with Crippen LogP contribution in [0.5, 0.6) is 0 Å². The number of carbonyl (C=O) groups excluding carboxylic acids is 1. The van der Waals surface area contributed by atoms with Crippen molar-refractivity contribution in [3.63, 3.8) is 0 Å². The van der Waals surface area contributed by atoms with Gasteiger partial charge in [-0.3, -0.25) is 4.79 Å². The molecule has 0 fully saturated rings. The number of rotatable bonds is 6. The normalized spacial score (nSPS) is 10.7. The van der Waals surface area contributed by atoms with Gasteiger partial charge in [-0.2, -0.15) is 8.78 Å². The van der Waals surface area contributed by atoms with Gasteiger partial charge in [-0.05, 0) is 30.3 Å². The van der Waals surface area contributed by atoms with Gasteiger partial charge in [0.05, 0.1) is 17.9 Å². The Bertz CT molecular complexity index is 700. The minimum Gasteiger partial charge on any atom is -0.374 e. The van der Waals surface area contributed by atoms with Crippen molar-refractivity contribution in [2.75, 3.05) is 17.2 Å². The van der Waals surface area contributed by atoms with Crippen molar-refractivity contribution in [3.8, 4) is 0 Å². The van der Waals surface area contributed by atoms with Crippen molar-refractivity contribution in [1.29, 1.82) is 0 Å². The van der Waals surface area contributed by atoms with Crippen LogP contribution in [0.2, 0.25) is 5.02 Å². The zero-order chi connectivity index (χ0) is 16.8. The molecule has 0 aliphatic rings. The number of thioether (sulfide) groups is 1. The van der Waals surface area contributed by atoms with Gasteiger partial charge in [0.15, 0.2) is 0 Å². The average Bonchev–Trinajstić information content (AvgIpc) is 2.48. The van der Waals surface area contributed by atoms with E-state index in [0.717, 1.165) is 6.07 Å². The molecule has 1 amide bonds. The van der Waals surface area contributed by atoms with Crippen LogP contribution in [-0.4, -0.2) is 18.2 Å². The van der Waals surface area contributed by atoms with E-state index in [0.29, 0.717) is 11.8 Å². The molecular formula is C15H12ClF3N2OS. The number of anilines is 2. The quantitative estimate of drug-likeness (QED) is 0.724. The number of para-hydroxylation sites is 1. The number of nitrogens with one attached hydrogen (secondary N) is 2. The molecule has 3 nitrogen and oxygen atoms in total. The summed E-state index contributed by atoms with van der Waals surface area (Å²) in [5.74, 6) is -3.66. The molecule has 2 aromatic carbocycles. The van der Waals surface area contributed by atoms with Crippen LogP contribution in [0, 0.1) is 5.82 Å². The molecule has 0 saturated heterocycles. The molecule has 0 radical (unpaired) electrons. The van der Waals surface area contributed by atoms with E-state index in [-0.39, 0.29) is 27.8 Å². The van der Waals surface area contributed by atoms with Crippen LogP contribution in [-0.2, 0) is 4.79 Å². The van der Waals surface area contributed by atoms with Gasteiger partial charge in [0.2, 0.25) is 5.91 Å². The maximum absolute atomic E-state index is 13.6. The number of amides is 1. The first-order chi connectivity index (χ1) is 11.0. The second kappa shape index (κ2) is 8.12.